The van der Waals surface area contributed by atoms with Crippen LogP contribution in [0.4, 0.5) is 11.7 Å². The number of oxazole rings is 1. The van der Waals surface area contributed by atoms with E-state index in [9.17, 15) is 0 Å². The van der Waals surface area contributed by atoms with E-state index in [1.165, 1.54) is 19.3 Å². The van der Waals surface area contributed by atoms with Crippen molar-refractivity contribution in [1.82, 2.24) is 4.98 Å². The van der Waals surface area contributed by atoms with Crippen molar-refractivity contribution in [2.24, 2.45) is 5.92 Å². The third kappa shape index (κ3) is 2.03. The van der Waals surface area contributed by atoms with Gasteiger partial charge >= 0.3 is 0 Å². The summed E-state index contributed by atoms with van der Waals surface area (Å²) in [4.78, 5) is 6.76. The molecule has 1 aliphatic rings. The van der Waals surface area contributed by atoms with Gasteiger partial charge in [-0.3, -0.25) is 0 Å². The molecule has 0 aliphatic heterocycles. The van der Waals surface area contributed by atoms with Gasteiger partial charge < -0.3 is 15.1 Å². The highest BCUT2D eigenvalue weighted by Crippen LogP contribution is 2.30. The molecule has 0 atom stereocenters. The Kier molecular flexibility index (Phi) is 2.86. The number of nitrogen functional groups attached to an aromatic ring is 1. The van der Waals surface area contributed by atoms with Crippen molar-refractivity contribution in [3.63, 3.8) is 0 Å². The van der Waals surface area contributed by atoms with Crippen LogP contribution in [0.5, 0.6) is 0 Å². The van der Waals surface area contributed by atoms with E-state index in [0.29, 0.717) is 5.69 Å². The molecule has 2 aromatic rings. The number of fused-ring (bicyclic) bond motifs is 1. The maximum Gasteiger partial charge on any atom is 0.298 e. The van der Waals surface area contributed by atoms with Crippen molar-refractivity contribution in [2.45, 2.75) is 26.2 Å². The number of hydrogen-bond donors (Lipinski definition) is 1. The van der Waals surface area contributed by atoms with Crippen LogP contribution >= 0.6 is 0 Å². The van der Waals surface area contributed by atoms with Gasteiger partial charge in [-0.15, -0.1) is 0 Å². The first-order valence-electron chi connectivity index (χ1n) is 6.67. The second kappa shape index (κ2) is 4.52. The molecule has 0 bridgehead atoms. The largest absolute Gasteiger partial charge is 0.423 e. The zero-order valence-electron chi connectivity index (χ0n) is 10.7. The topological polar surface area (TPSA) is 55.3 Å². The van der Waals surface area contributed by atoms with Gasteiger partial charge in [0.2, 0.25) is 0 Å². The summed E-state index contributed by atoms with van der Waals surface area (Å²) in [7, 11) is 0. The fourth-order valence-electron chi connectivity index (χ4n) is 2.39. The molecule has 1 aromatic heterocycles. The first kappa shape index (κ1) is 11.4. The summed E-state index contributed by atoms with van der Waals surface area (Å²) >= 11 is 0. The van der Waals surface area contributed by atoms with Crippen LogP contribution in [0.3, 0.4) is 0 Å². The van der Waals surface area contributed by atoms with Crippen molar-refractivity contribution < 1.29 is 4.42 Å². The molecule has 18 heavy (non-hydrogen) atoms. The van der Waals surface area contributed by atoms with E-state index in [-0.39, 0.29) is 0 Å². The normalized spacial score (nSPS) is 15.8. The van der Waals surface area contributed by atoms with Crippen LogP contribution in [0.2, 0.25) is 0 Å². The highest BCUT2D eigenvalue weighted by atomic mass is 16.4. The minimum absolute atomic E-state index is 0.715. The van der Waals surface area contributed by atoms with Crippen molar-refractivity contribution in [2.75, 3.05) is 23.7 Å². The van der Waals surface area contributed by atoms with E-state index in [4.69, 9.17) is 10.2 Å². The van der Waals surface area contributed by atoms with E-state index in [1.807, 2.05) is 18.2 Å². The molecular weight excluding hydrogens is 226 g/mol. The number of benzene rings is 1. The van der Waals surface area contributed by atoms with Gasteiger partial charge in [0.15, 0.2) is 5.58 Å². The maximum absolute atomic E-state index is 5.81. The molecule has 0 spiro atoms. The molecule has 0 amide bonds. The smallest absolute Gasteiger partial charge is 0.298 e. The Morgan fingerprint density at radius 1 is 1.44 bits per heavy atom. The predicted molar refractivity (Wildman–Crippen MR) is 73.6 cm³/mol. The van der Waals surface area contributed by atoms with Crippen LogP contribution in [0.15, 0.2) is 22.6 Å². The molecule has 1 fully saturated rings. The van der Waals surface area contributed by atoms with E-state index in [2.05, 4.69) is 16.8 Å². The molecule has 0 saturated heterocycles. The van der Waals surface area contributed by atoms with Gasteiger partial charge in [-0.25, -0.2) is 0 Å². The lowest BCUT2D eigenvalue weighted by Crippen LogP contribution is -2.32. The molecule has 1 saturated carbocycles. The zero-order chi connectivity index (χ0) is 12.5. The summed E-state index contributed by atoms with van der Waals surface area (Å²) in [5.74, 6) is 0.810. The first-order chi connectivity index (χ1) is 8.76. The number of aromatic nitrogens is 1. The minimum atomic E-state index is 0.715. The van der Waals surface area contributed by atoms with Crippen molar-refractivity contribution in [3.8, 4) is 0 Å². The average Bonchev–Trinajstić information content (AvgIpc) is 2.70. The minimum Gasteiger partial charge on any atom is -0.423 e. The molecule has 96 valence electrons. The molecule has 3 rings (SSSR count). The fraction of sp³-hybridized carbons (Fsp3) is 0.500. The van der Waals surface area contributed by atoms with E-state index in [0.717, 1.165) is 36.1 Å². The van der Waals surface area contributed by atoms with Crippen LogP contribution in [-0.2, 0) is 0 Å². The van der Waals surface area contributed by atoms with Gasteiger partial charge in [-0.2, -0.15) is 4.98 Å². The van der Waals surface area contributed by atoms with E-state index >= 15 is 0 Å². The number of rotatable bonds is 4. The number of nitrogens with two attached hydrogens (primary N) is 1. The SMILES string of the molecule is CCN(CC1CCC1)c1nc2ccc(N)cc2o1. The van der Waals surface area contributed by atoms with Crippen molar-refractivity contribution in [3.05, 3.63) is 18.2 Å². The first-order valence-corrected chi connectivity index (χ1v) is 6.67. The summed E-state index contributed by atoms with van der Waals surface area (Å²) in [6.07, 6.45) is 4.04. The van der Waals surface area contributed by atoms with Crippen molar-refractivity contribution in [1.29, 1.82) is 0 Å². The predicted octanol–water partition coefficient (Wildman–Crippen LogP) is 3.04. The Hall–Kier alpha value is -1.71. The summed E-state index contributed by atoms with van der Waals surface area (Å²) in [5, 5.41) is 0. The lowest BCUT2D eigenvalue weighted by Gasteiger charge is -2.30. The second-order valence-corrected chi connectivity index (χ2v) is 5.06. The Labute approximate surface area is 107 Å². The summed E-state index contributed by atoms with van der Waals surface area (Å²) in [5.41, 5.74) is 8.12. The molecule has 2 N–H and O–H groups in total. The fourth-order valence-corrected chi connectivity index (χ4v) is 2.39. The van der Waals surface area contributed by atoms with Gasteiger partial charge in [0.1, 0.15) is 5.52 Å². The number of anilines is 2. The molecular formula is C14H19N3O. The maximum atomic E-state index is 5.81. The van der Waals surface area contributed by atoms with Gasteiger partial charge in [-0.05, 0) is 37.8 Å². The Morgan fingerprint density at radius 3 is 2.94 bits per heavy atom. The van der Waals surface area contributed by atoms with Crippen LogP contribution in [0, 0.1) is 5.92 Å². The quantitative estimate of drug-likeness (QED) is 0.841. The second-order valence-electron chi connectivity index (χ2n) is 5.06. The van der Waals surface area contributed by atoms with E-state index in [1.54, 1.807) is 0 Å². The van der Waals surface area contributed by atoms with Gasteiger partial charge in [0.05, 0.1) is 0 Å². The molecule has 0 unspecified atom stereocenters. The third-order valence-corrected chi connectivity index (χ3v) is 3.76. The molecule has 1 heterocycles. The summed E-state index contributed by atoms with van der Waals surface area (Å²) < 4.78 is 5.81. The number of nitrogens with zero attached hydrogens (tertiary/aromatic N) is 2. The average molecular weight is 245 g/mol. The molecule has 4 heteroatoms. The summed E-state index contributed by atoms with van der Waals surface area (Å²) in [6, 6.07) is 6.33. The monoisotopic (exact) mass is 245 g/mol. The van der Waals surface area contributed by atoms with Crippen LogP contribution in [0.1, 0.15) is 26.2 Å². The zero-order valence-corrected chi connectivity index (χ0v) is 10.7. The Bertz CT molecular complexity index is 545. The highest BCUT2D eigenvalue weighted by molar-refractivity contribution is 5.78. The standard InChI is InChI=1S/C14H19N3O/c1-2-17(9-10-4-3-5-10)14-16-12-7-6-11(15)8-13(12)18-14/h6-8,10H,2-5,9,15H2,1H3. The number of hydrogen-bond acceptors (Lipinski definition) is 4. The van der Waals surface area contributed by atoms with Gasteiger partial charge in [0, 0.05) is 24.8 Å². The van der Waals surface area contributed by atoms with Crippen LogP contribution in [-0.4, -0.2) is 18.1 Å². The highest BCUT2D eigenvalue weighted by Gasteiger charge is 2.22. The Morgan fingerprint density at radius 2 is 2.28 bits per heavy atom. The molecule has 4 nitrogen and oxygen atoms in total. The van der Waals surface area contributed by atoms with Crippen LogP contribution < -0.4 is 10.6 Å². The Balaban J connectivity index is 1.86. The lowest BCUT2D eigenvalue weighted by atomic mass is 9.85. The van der Waals surface area contributed by atoms with Gasteiger partial charge in [0.25, 0.3) is 6.01 Å². The summed E-state index contributed by atoms with van der Waals surface area (Å²) in [6.45, 7) is 4.12. The lowest BCUT2D eigenvalue weighted by molar-refractivity contribution is 0.314. The van der Waals surface area contributed by atoms with Gasteiger partial charge in [-0.1, -0.05) is 6.42 Å². The molecule has 1 aromatic carbocycles. The van der Waals surface area contributed by atoms with E-state index < -0.39 is 0 Å². The van der Waals surface area contributed by atoms with Crippen molar-refractivity contribution >= 4 is 22.8 Å². The molecule has 0 radical (unpaired) electrons. The van der Waals surface area contributed by atoms with Crippen LogP contribution in [0.25, 0.3) is 11.1 Å². The molecule has 1 aliphatic carbocycles. The third-order valence-electron chi connectivity index (χ3n) is 3.76.